The number of alkyl halides is 1. The molecule has 2 aromatic carbocycles. The van der Waals surface area contributed by atoms with Gasteiger partial charge in [0.25, 0.3) is 5.56 Å². The average molecular weight is 542 g/mol. The monoisotopic (exact) mass is 542 g/mol. The van der Waals surface area contributed by atoms with Crippen molar-refractivity contribution in [2.75, 3.05) is 11.1 Å². The summed E-state index contributed by atoms with van der Waals surface area (Å²) in [6, 6.07) is 16.4. The summed E-state index contributed by atoms with van der Waals surface area (Å²) < 4.78 is 2.32. The number of hydrogen-bond acceptors (Lipinski definition) is 7. The number of anilines is 2. The Hall–Kier alpha value is -3.54. The van der Waals surface area contributed by atoms with Gasteiger partial charge in [0.1, 0.15) is 6.33 Å². The minimum absolute atomic E-state index is 0.0110. The van der Waals surface area contributed by atoms with Crippen LogP contribution in [0.2, 0.25) is 0 Å². The maximum atomic E-state index is 13.7. The van der Waals surface area contributed by atoms with Crippen molar-refractivity contribution in [2.24, 2.45) is 0 Å². The highest BCUT2D eigenvalue weighted by molar-refractivity contribution is 14.1. The summed E-state index contributed by atoms with van der Waals surface area (Å²) in [6.07, 6.45) is 1.16. The van der Waals surface area contributed by atoms with E-state index in [0.717, 1.165) is 17.3 Å². The number of para-hydroxylation sites is 1. The SMILES string of the molecule is C[C@H](Nc1ncnc(N)c1[N+](=O)[O-])c1cc2cccc(CI)c2c(=O)n1-c1ccccc1. The van der Waals surface area contributed by atoms with Gasteiger partial charge in [-0.25, -0.2) is 9.97 Å². The van der Waals surface area contributed by atoms with E-state index in [1.165, 1.54) is 0 Å². The van der Waals surface area contributed by atoms with E-state index >= 15 is 0 Å². The van der Waals surface area contributed by atoms with Crippen molar-refractivity contribution in [1.82, 2.24) is 14.5 Å². The number of halogens is 1. The van der Waals surface area contributed by atoms with Crippen LogP contribution in [-0.4, -0.2) is 19.5 Å². The molecule has 0 spiro atoms. The predicted octanol–water partition coefficient (Wildman–Crippen LogP) is 4.38. The largest absolute Gasteiger partial charge is 0.378 e. The Labute approximate surface area is 196 Å². The van der Waals surface area contributed by atoms with Gasteiger partial charge in [0.15, 0.2) is 0 Å². The molecule has 0 amide bonds. The van der Waals surface area contributed by atoms with Crippen LogP contribution in [0, 0.1) is 10.1 Å². The summed E-state index contributed by atoms with van der Waals surface area (Å²) in [6.45, 7) is 1.81. The first kappa shape index (κ1) is 21.7. The lowest BCUT2D eigenvalue weighted by Gasteiger charge is -2.22. The number of nitrogen functional groups attached to an aromatic ring is 1. The summed E-state index contributed by atoms with van der Waals surface area (Å²) in [5.41, 5.74) is 7.42. The second kappa shape index (κ2) is 8.91. The van der Waals surface area contributed by atoms with Crippen molar-refractivity contribution in [3.05, 3.63) is 92.7 Å². The normalized spacial score (nSPS) is 11.9. The molecule has 4 aromatic rings. The fourth-order valence-corrected chi connectivity index (χ4v) is 4.32. The fraction of sp³-hybridized carbons (Fsp3) is 0.136. The third kappa shape index (κ3) is 3.88. The second-order valence-electron chi connectivity index (χ2n) is 7.14. The van der Waals surface area contributed by atoms with Gasteiger partial charge in [0.2, 0.25) is 11.6 Å². The summed E-state index contributed by atoms with van der Waals surface area (Å²) in [5, 5.41) is 16.0. The van der Waals surface area contributed by atoms with Gasteiger partial charge >= 0.3 is 5.69 Å². The van der Waals surface area contributed by atoms with E-state index in [4.69, 9.17) is 5.73 Å². The van der Waals surface area contributed by atoms with Crippen LogP contribution in [0.15, 0.2) is 65.7 Å². The van der Waals surface area contributed by atoms with E-state index in [9.17, 15) is 14.9 Å². The highest BCUT2D eigenvalue weighted by Gasteiger charge is 2.24. The van der Waals surface area contributed by atoms with Gasteiger partial charge in [0, 0.05) is 15.8 Å². The molecule has 10 heteroatoms. The molecule has 2 heterocycles. The zero-order valence-corrected chi connectivity index (χ0v) is 19.2. The zero-order chi connectivity index (χ0) is 22.8. The van der Waals surface area contributed by atoms with Crippen LogP contribution in [0.1, 0.15) is 24.2 Å². The quantitative estimate of drug-likeness (QED) is 0.160. The molecule has 0 aliphatic heterocycles. The fourth-order valence-electron chi connectivity index (χ4n) is 3.68. The zero-order valence-electron chi connectivity index (χ0n) is 17.0. The molecular weight excluding hydrogens is 523 g/mol. The summed E-state index contributed by atoms with van der Waals surface area (Å²) in [7, 11) is 0. The first-order valence-corrected chi connectivity index (χ1v) is 11.2. The molecule has 1 atom stereocenters. The minimum atomic E-state index is -0.623. The molecule has 3 N–H and O–H groups in total. The van der Waals surface area contributed by atoms with E-state index in [1.54, 1.807) is 4.57 Å². The number of nitrogens with zero attached hydrogens (tertiary/aromatic N) is 4. The molecule has 9 nitrogen and oxygen atoms in total. The van der Waals surface area contributed by atoms with E-state index in [2.05, 4.69) is 37.9 Å². The Morgan fingerprint density at radius 2 is 1.94 bits per heavy atom. The molecule has 0 radical (unpaired) electrons. The molecule has 0 saturated heterocycles. The van der Waals surface area contributed by atoms with Crippen LogP contribution in [0.5, 0.6) is 0 Å². The van der Waals surface area contributed by atoms with E-state index in [1.807, 2.05) is 61.5 Å². The Balaban J connectivity index is 1.94. The number of nitro groups is 1. The van der Waals surface area contributed by atoms with Gasteiger partial charge in [-0.3, -0.25) is 19.5 Å². The van der Waals surface area contributed by atoms with Crippen LogP contribution >= 0.6 is 22.6 Å². The van der Waals surface area contributed by atoms with Crippen molar-refractivity contribution in [3.8, 4) is 5.69 Å². The molecule has 32 heavy (non-hydrogen) atoms. The van der Waals surface area contributed by atoms with Gasteiger partial charge in [-0.2, -0.15) is 0 Å². The number of nitrogens with two attached hydrogens (primary N) is 1. The number of hydrogen-bond donors (Lipinski definition) is 2. The Morgan fingerprint density at radius 3 is 2.62 bits per heavy atom. The van der Waals surface area contributed by atoms with Crippen molar-refractivity contribution in [2.45, 2.75) is 17.4 Å². The van der Waals surface area contributed by atoms with Crippen LogP contribution < -0.4 is 16.6 Å². The number of nitrogens with one attached hydrogen (secondary N) is 1. The van der Waals surface area contributed by atoms with Crippen LogP contribution in [-0.2, 0) is 4.43 Å². The van der Waals surface area contributed by atoms with E-state index < -0.39 is 16.7 Å². The molecule has 0 aliphatic carbocycles. The first-order chi connectivity index (χ1) is 15.4. The molecule has 162 valence electrons. The summed E-state index contributed by atoms with van der Waals surface area (Å²) in [4.78, 5) is 32.3. The maximum absolute atomic E-state index is 13.7. The predicted molar refractivity (Wildman–Crippen MR) is 132 cm³/mol. The third-order valence-corrected chi connectivity index (χ3v) is 5.97. The van der Waals surface area contributed by atoms with Gasteiger partial charge in [-0.15, -0.1) is 0 Å². The van der Waals surface area contributed by atoms with Crippen LogP contribution in [0.4, 0.5) is 17.3 Å². The number of fused-ring (bicyclic) bond motifs is 1. The van der Waals surface area contributed by atoms with Gasteiger partial charge in [-0.05, 0) is 36.1 Å². The van der Waals surface area contributed by atoms with Crippen molar-refractivity contribution >= 4 is 50.7 Å². The van der Waals surface area contributed by atoms with Crippen molar-refractivity contribution in [1.29, 1.82) is 0 Å². The summed E-state index contributed by atoms with van der Waals surface area (Å²) >= 11 is 2.24. The number of benzene rings is 2. The minimum Gasteiger partial charge on any atom is -0.378 e. The second-order valence-corrected chi connectivity index (χ2v) is 7.90. The smallest absolute Gasteiger partial charge is 0.353 e. The lowest BCUT2D eigenvalue weighted by atomic mass is 10.0. The molecule has 4 rings (SSSR count). The number of rotatable bonds is 6. The van der Waals surface area contributed by atoms with Crippen LogP contribution in [0.25, 0.3) is 16.5 Å². The topological polar surface area (TPSA) is 129 Å². The maximum Gasteiger partial charge on any atom is 0.353 e. The first-order valence-electron chi connectivity index (χ1n) is 9.72. The molecule has 0 bridgehead atoms. The lowest BCUT2D eigenvalue weighted by Crippen LogP contribution is -2.26. The van der Waals surface area contributed by atoms with Crippen LogP contribution in [0.3, 0.4) is 0 Å². The Morgan fingerprint density at radius 1 is 1.19 bits per heavy atom. The lowest BCUT2D eigenvalue weighted by molar-refractivity contribution is -0.383. The highest BCUT2D eigenvalue weighted by Crippen LogP contribution is 2.31. The molecule has 0 saturated carbocycles. The van der Waals surface area contributed by atoms with E-state index in [0.29, 0.717) is 21.2 Å². The Kier molecular flexibility index (Phi) is 6.04. The number of pyridine rings is 1. The van der Waals surface area contributed by atoms with Gasteiger partial charge in [0.05, 0.1) is 16.4 Å². The van der Waals surface area contributed by atoms with Gasteiger partial charge in [-0.1, -0.05) is 59.0 Å². The summed E-state index contributed by atoms with van der Waals surface area (Å²) in [5.74, 6) is -0.242. The molecule has 0 aliphatic rings. The average Bonchev–Trinajstić information content (AvgIpc) is 2.78. The van der Waals surface area contributed by atoms with Crippen molar-refractivity contribution in [3.63, 3.8) is 0 Å². The van der Waals surface area contributed by atoms with E-state index in [-0.39, 0.29) is 17.2 Å². The highest BCUT2D eigenvalue weighted by atomic mass is 127. The molecule has 2 aromatic heterocycles. The standard InChI is InChI=1S/C22H19IN6O3/c1-13(27-21-19(29(31)32)20(24)25-12-26-21)17-10-14-6-5-7-15(11-23)18(14)22(30)28(17)16-8-3-2-4-9-16/h2-10,12-13H,11H2,1H3,(H3,24,25,26,27)/t13-/m0/s1. The van der Waals surface area contributed by atoms with Crippen molar-refractivity contribution < 1.29 is 4.92 Å². The van der Waals surface area contributed by atoms with Gasteiger partial charge < -0.3 is 11.1 Å². The molecule has 0 fully saturated rings. The Bertz CT molecular complexity index is 1370. The molecular formula is C22H19IN6O3. The third-order valence-electron chi connectivity index (χ3n) is 5.15. The number of aromatic nitrogens is 3. The molecule has 0 unspecified atom stereocenters.